The largest absolute Gasteiger partial charge is 0.370 e. The summed E-state index contributed by atoms with van der Waals surface area (Å²) in [4.78, 5) is 28.6. The number of hydrogen-bond acceptors (Lipinski definition) is 4. The van der Waals surface area contributed by atoms with E-state index in [4.69, 9.17) is 4.74 Å². The van der Waals surface area contributed by atoms with Gasteiger partial charge < -0.3 is 20.3 Å². The number of morpholine rings is 1. The normalized spacial score (nSPS) is 19.2. The SMILES string of the molecule is CC1CCc2c(sc(NC(=O)c3ccccc3)c2C(=O)NCC[NH+]2CCOCC2)C1. The summed E-state index contributed by atoms with van der Waals surface area (Å²) in [5, 5.41) is 6.80. The summed E-state index contributed by atoms with van der Waals surface area (Å²) in [6, 6.07) is 9.15. The number of rotatable bonds is 6. The number of thiophene rings is 1. The lowest BCUT2D eigenvalue weighted by atomic mass is 9.88. The van der Waals surface area contributed by atoms with Crippen LogP contribution in [-0.4, -0.2) is 51.2 Å². The van der Waals surface area contributed by atoms with E-state index in [9.17, 15) is 9.59 Å². The zero-order valence-electron chi connectivity index (χ0n) is 17.5. The van der Waals surface area contributed by atoms with E-state index in [1.54, 1.807) is 23.5 Å². The first-order valence-corrected chi connectivity index (χ1v) is 11.6. The fourth-order valence-electron chi connectivity index (χ4n) is 4.20. The number of nitrogens with one attached hydrogen (secondary N) is 3. The molecule has 3 N–H and O–H groups in total. The minimum absolute atomic E-state index is 0.0712. The Kier molecular flexibility index (Phi) is 6.82. The van der Waals surface area contributed by atoms with E-state index in [-0.39, 0.29) is 11.8 Å². The first-order valence-electron chi connectivity index (χ1n) is 10.8. The summed E-state index contributed by atoms with van der Waals surface area (Å²) < 4.78 is 5.40. The Hall–Kier alpha value is -2.22. The summed E-state index contributed by atoms with van der Waals surface area (Å²) in [6.07, 6.45) is 2.94. The molecule has 0 saturated carbocycles. The zero-order valence-corrected chi connectivity index (χ0v) is 18.3. The molecule has 2 aromatic rings. The number of hydrogen-bond donors (Lipinski definition) is 3. The highest BCUT2D eigenvalue weighted by molar-refractivity contribution is 7.17. The van der Waals surface area contributed by atoms with Crippen molar-refractivity contribution in [3.8, 4) is 0 Å². The number of quaternary nitrogens is 1. The number of ether oxygens (including phenoxy) is 1. The molecule has 0 spiro atoms. The van der Waals surface area contributed by atoms with Crippen molar-refractivity contribution >= 4 is 28.2 Å². The number of carbonyl (C=O) groups is 2. The van der Waals surface area contributed by atoms with E-state index in [1.165, 1.54) is 9.78 Å². The molecule has 1 atom stereocenters. The molecule has 6 nitrogen and oxygen atoms in total. The number of anilines is 1. The average Bonchev–Trinajstić information content (AvgIpc) is 3.11. The number of carbonyl (C=O) groups excluding carboxylic acids is 2. The van der Waals surface area contributed by atoms with Gasteiger partial charge in [0.25, 0.3) is 11.8 Å². The maximum Gasteiger partial charge on any atom is 0.256 e. The van der Waals surface area contributed by atoms with Gasteiger partial charge in [-0.1, -0.05) is 25.1 Å². The van der Waals surface area contributed by atoms with Gasteiger partial charge in [-0.3, -0.25) is 9.59 Å². The summed E-state index contributed by atoms with van der Waals surface area (Å²) in [6.45, 7) is 7.31. The number of amides is 2. The molecule has 30 heavy (non-hydrogen) atoms. The molecule has 4 rings (SSSR count). The topological polar surface area (TPSA) is 71.9 Å². The van der Waals surface area contributed by atoms with Crippen molar-refractivity contribution < 1.29 is 19.2 Å². The van der Waals surface area contributed by atoms with E-state index >= 15 is 0 Å². The van der Waals surface area contributed by atoms with Crippen molar-refractivity contribution in [2.75, 3.05) is 44.7 Å². The quantitative estimate of drug-likeness (QED) is 0.657. The number of benzene rings is 1. The molecule has 160 valence electrons. The van der Waals surface area contributed by atoms with Gasteiger partial charge in [0.05, 0.1) is 31.9 Å². The van der Waals surface area contributed by atoms with E-state index in [0.29, 0.717) is 28.6 Å². The average molecular weight is 429 g/mol. The minimum atomic E-state index is -0.172. The monoisotopic (exact) mass is 428 g/mol. The van der Waals surface area contributed by atoms with Crippen molar-refractivity contribution in [2.45, 2.75) is 26.2 Å². The second-order valence-corrected chi connectivity index (χ2v) is 9.35. The zero-order chi connectivity index (χ0) is 20.9. The maximum atomic E-state index is 13.2. The predicted octanol–water partition coefficient (Wildman–Crippen LogP) is 1.77. The van der Waals surface area contributed by atoms with Gasteiger partial charge in [0.1, 0.15) is 18.1 Å². The fraction of sp³-hybridized carbons (Fsp3) is 0.478. The maximum absolute atomic E-state index is 13.2. The van der Waals surface area contributed by atoms with Gasteiger partial charge in [-0.05, 0) is 42.9 Å². The Morgan fingerprint density at radius 2 is 1.93 bits per heavy atom. The third-order valence-electron chi connectivity index (χ3n) is 5.97. The second-order valence-electron chi connectivity index (χ2n) is 8.24. The van der Waals surface area contributed by atoms with Gasteiger partial charge in [-0.25, -0.2) is 0 Å². The molecule has 2 heterocycles. The molecule has 0 radical (unpaired) electrons. The molecule has 1 fully saturated rings. The smallest absolute Gasteiger partial charge is 0.256 e. The van der Waals surface area contributed by atoms with Crippen LogP contribution in [-0.2, 0) is 17.6 Å². The van der Waals surface area contributed by atoms with Crippen LogP contribution in [0.1, 0.15) is 44.5 Å². The summed E-state index contributed by atoms with van der Waals surface area (Å²) in [5.74, 6) is 0.363. The molecule has 1 aromatic heterocycles. The minimum Gasteiger partial charge on any atom is -0.370 e. The van der Waals surface area contributed by atoms with Crippen molar-refractivity contribution in [3.05, 3.63) is 51.9 Å². The fourth-order valence-corrected chi connectivity index (χ4v) is 5.60. The summed E-state index contributed by atoms with van der Waals surface area (Å²) in [5.41, 5.74) is 2.39. The molecule has 2 aliphatic rings. The Labute approximate surface area is 181 Å². The van der Waals surface area contributed by atoms with Gasteiger partial charge in [-0.15, -0.1) is 11.3 Å². The molecule has 2 amide bonds. The Morgan fingerprint density at radius 1 is 1.17 bits per heavy atom. The molecule has 1 saturated heterocycles. The van der Waals surface area contributed by atoms with Crippen LogP contribution < -0.4 is 15.5 Å². The first kappa shape index (κ1) is 21.0. The first-order chi connectivity index (χ1) is 14.6. The van der Waals surface area contributed by atoms with Crippen molar-refractivity contribution in [1.29, 1.82) is 0 Å². The van der Waals surface area contributed by atoms with E-state index in [0.717, 1.165) is 57.7 Å². The van der Waals surface area contributed by atoms with Gasteiger partial charge in [0, 0.05) is 10.4 Å². The molecular formula is C23H30N3O3S+. The van der Waals surface area contributed by atoms with Crippen molar-refractivity contribution in [2.24, 2.45) is 5.92 Å². The molecular weight excluding hydrogens is 398 g/mol. The Morgan fingerprint density at radius 3 is 2.70 bits per heavy atom. The van der Waals surface area contributed by atoms with Crippen molar-refractivity contribution in [3.63, 3.8) is 0 Å². The standard InChI is InChI=1S/C23H29N3O3S/c1-16-7-8-18-19(15-16)30-23(25-21(27)17-5-3-2-4-6-17)20(18)22(28)24-9-10-26-11-13-29-14-12-26/h2-6,16H,7-15H2,1H3,(H,24,28)(H,25,27)/p+1. The van der Waals surface area contributed by atoms with Crippen LogP contribution in [0.2, 0.25) is 0 Å². The molecule has 1 aliphatic heterocycles. The Bertz CT molecular complexity index is 891. The van der Waals surface area contributed by atoms with Crippen LogP contribution in [0.25, 0.3) is 0 Å². The predicted molar refractivity (Wildman–Crippen MR) is 119 cm³/mol. The third-order valence-corrected chi connectivity index (χ3v) is 7.14. The second kappa shape index (κ2) is 9.73. The van der Waals surface area contributed by atoms with Gasteiger partial charge in [-0.2, -0.15) is 0 Å². The van der Waals surface area contributed by atoms with E-state index < -0.39 is 0 Å². The van der Waals surface area contributed by atoms with Crippen LogP contribution in [0, 0.1) is 5.92 Å². The molecule has 1 aliphatic carbocycles. The highest BCUT2D eigenvalue weighted by Gasteiger charge is 2.28. The lowest BCUT2D eigenvalue weighted by Crippen LogP contribution is -3.14. The lowest BCUT2D eigenvalue weighted by molar-refractivity contribution is -0.906. The van der Waals surface area contributed by atoms with Gasteiger partial charge >= 0.3 is 0 Å². The van der Waals surface area contributed by atoms with Gasteiger partial charge in [0.2, 0.25) is 0 Å². The molecule has 1 aromatic carbocycles. The summed E-state index contributed by atoms with van der Waals surface area (Å²) in [7, 11) is 0. The van der Waals surface area contributed by atoms with Crippen LogP contribution in [0.4, 0.5) is 5.00 Å². The van der Waals surface area contributed by atoms with Gasteiger partial charge in [0.15, 0.2) is 0 Å². The third kappa shape index (κ3) is 4.91. The molecule has 1 unspecified atom stereocenters. The van der Waals surface area contributed by atoms with Crippen LogP contribution >= 0.6 is 11.3 Å². The van der Waals surface area contributed by atoms with Crippen molar-refractivity contribution in [1.82, 2.24) is 5.32 Å². The van der Waals surface area contributed by atoms with E-state index in [1.807, 2.05) is 18.2 Å². The van der Waals surface area contributed by atoms with Crippen LogP contribution in [0.15, 0.2) is 30.3 Å². The number of fused-ring (bicyclic) bond motifs is 1. The van der Waals surface area contributed by atoms with E-state index in [2.05, 4.69) is 17.6 Å². The molecule has 7 heteroatoms. The van der Waals surface area contributed by atoms with Crippen LogP contribution in [0.5, 0.6) is 0 Å². The highest BCUT2D eigenvalue weighted by atomic mass is 32.1. The summed E-state index contributed by atoms with van der Waals surface area (Å²) >= 11 is 1.56. The lowest BCUT2D eigenvalue weighted by Gasteiger charge is -2.23. The Balaban J connectivity index is 1.49. The molecule has 0 bridgehead atoms. The van der Waals surface area contributed by atoms with Crippen LogP contribution in [0.3, 0.4) is 0 Å². The highest BCUT2D eigenvalue weighted by Crippen LogP contribution is 2.39.